The molecule has 1 aliphatic heterocycles. The van der Waals surface area contributed by atoms with Gasteiger partial charge >= 0.3 is 0 Å². The SMILES string of the molecule is COc1cccc(OC2CCN(C(=O)COc3ccc(CO)cc3)C2)c1. The first-order chi connectivity index (χ1) is 12.7. The minimum atomic E-state index is -0.0621. The average molecular weight is 357 g/mol. The minimum absolute atomic E-state index is 0.00957. The molecule has 0 radical (unpaired) electrons. The number of rotatable bonds is 7. The molecule has 1 N–H and O–H groups in total. The predicted octanol–water partition coefficient (Wildman–Crippen LogP) is 2.25. The second-order valence-electron chi connectivity index (χ2n) is 6.14. The zero-order chi connectivity index (χ0) is 18.4. The van der Waals surface area contributed by atoms with Gasteiger partial charge in [0.1, 0.15) is 23.4 Å². The third-order valence-corrected chi connectivity index (χ3v) is 4.31. The van der Waals surface area contributed by atoms with E-state index in [0.717, 1.165) is 23.5 Å². The van der Waals surface area contributed by atoms with Crippen LogP contribution in [0.3, 0.4) is 0 Å². The molecule has 0 aliphatic carbocycles. The smallest absolute Gasteiger partial charge is 0.260 e. The van der Waals surface area contributed by atoms with Crippen LogP contribution in [0.2, 0.25) is 0 Å². The molecular weight excluding hydrogens is 334 g/mol. The van der Waals surface area contributed by atoms with Gasteiger partial charge in [-0.2, -0.15) is 0 Å². The van der Waals surface area contributed by atoms with E-state index in [1.165, 1.54) is 0 Å². The van der Waals surface area contributed by atoms with Crippen molar-refractivity contribution in [2.75, 3.05) is 26.8 Å². The number of ether oxygens (including phenoxy) is 3. The molecule has 1 aliphatic rings. The summed E-state index contributed by atoms with van der Waals surface area (Å²) in [5.41, 5.74) is 0.806. The summed E-state index contributed by atoms with van der Waals surface area (Å²) in [5, 5.41) is 9.03. The lowest BCUT2D eigenvalue weighted by Gasteiger charge is -2.18. The first-order valence-corrected chi connectivity index (χ1v) is 8.59. The van der Waals surface area contributed by atoms with Gasteiger partial charge in [0.2, 0.25) is 0 Å². The molecule has 1 unspecified atom stereocenters. The summed E-state index contributed by atoms with van der Waals surface area (Å²) in [6, 6.07) is 14.5. The van der Waals surface area contributed by atoms with E-state index in [-0.39, 0.29) is 25.2 Å². The summed E-state index contributed by atoms with van der Waals surface area (Å²) in [7, 11) is 1.62. The number of carbonyl (C=O) groups is 1. The maximum Gasteiger partial charge on any atom is 0.260 e. The molecule has 1 heterocycles. The number of methoxy groups -OCH3 is 1. The number of aliphatic hydroxyl groups excluding tert-OH is 1. The van der Waals surface area contributed by atoms with E-state index in [4.69, 9.17) is 19.3 Å². The van der Waals surface area contributed by atoms with Crippen LogP contribution >= 0.6 is 0 Å². The van der Waals surface area contributed by atoms with Gasteiger partial charge in [-0.15, -0.1) is 0 Å². The second-order valence-corrected chi connectivity index (χ2v) is 6.14. The Kier molecular flexibility index (Phi) is 5.96. The lowest BCUT2D eigenvalue weighted by molar-refractivity contribution is -0.132. The normalized spacial score (nSPS) is 16.4. The highest BCUT2D eigenvalue weighted by Gasteiger charge is 2.27. The highest BCUT2D eigenvalue weighted by atomic mass is 16.5. The summed E-state index contributed by atoms with van der Waals surface area (Å²) in [4.78, 5) is 14.1. The summed E-state index contributed by atoms with van der Waals surface area (Å²) < 4.78 is 16.7. The minimum Gasteiger partial charge on any atom is -0.497 e. The zero-order valence-corrected chi connectivity index (χ0v) is 14.8. The largest absolute Gasteiger partial charge is 0.497 e. The van der Waals surface area contributed by atoms with Crippen LogP contribution in [0.5, 0.6) is 17.2 Å². The number of hydrogen-bond donors (Lipinski definition) is 1. The van der Waals surface area contributed by atoms with E-state index in [2.05, 4.69) is 0 Å². The number of carbonyl (C=O) groups excluding carboxylic acids is 1. The van der Waals surface area contributed by atoms with E-state index >= 15 is 0 Å². The highest BCUT2D eigenvalue weighted by Crippen LogP contribution is 2.23. The fraction of sp³-hybridized carbons (Fsp3) is 0.350. The Morgan fingerprint density at radius 3 is 2.65 bits per heavy atom. The van der Waals surface area contributed by atoms with Crippen molar-refractivity contribution in [2.24, 2.45) is 0 Å². The van der Waals surface area contributed by atoms with E-state index in [0.29, 0.717) is 18.8 Å². The monoisotopic (exact) mass is 357 g/mol. The van der Waals surface area contributed by atoms with Crippen molar-refractivity contribution in [3.8, 4) is 17.2 Å². The molecule has 138 valence electrons. The lowest BCUT2D eigenvalue weighted by atomic mass is 10.2. The maximum atomic E-state index is 12.3. The summed E-state index contributed by atoms with van der Waals surface area (Å²) in [6.07, 6.45) is 0.753. The van der Waals surface area contributed by atoms with Crippen LogP contribution in [-0.2, 0) is 11.4 Å². The molecule has 3 rings (SSSR count). The van der Waals surface area contributed by atoms with E-state index in [1.807, 2.05) is 24.3 Å². The Balaban J connectivity index is 1.47. The molecule has 0 saturated carbocycles. The molecule has 26 heavy (non-hydrogen) atoms. The number of nitrogens with zero attached hydrogens (tertiary/aromatic N) is 1. The third kappa shape index (κ3) is 4.67. The van der Waals surface area contributed by atoms with Crippen LogP contribution in [0, 0.1) is 0 Å². The lowest BCUT2D eigenvalue weighted by Crippen LogP contribution is -2.34. The fourth-order valence-electron chi connectivity index (χ4n) is 2.85. The fourth-order valence-corrected chi connectivity index (χ4v) is 2.85. The molecule has 2 aromatic rings. The van der Waals surface area contributed by atoms with E-state index < -0.39 is 0 Å². The zero-order valence-electron chi connectivity index (χ0n) is 14.8. The molecular formula is C20H23NO5. The van der Waals surface area contributed by atoms with Crippen molar-refractivity contribution in [2.45, 2.75) is 19.1 Å². The number of hydrogen-bond acceptors (Lipinski definition) is 5. The van der Waals surface area contributed by atoms with Gasteiger partial charge in [-0.25, -0.2) is 0 Å². The van der Waals surface area contributed by atoms with Crippen LogP contribution < -0.4 is 14.2 Å². The highest BCUT2D eigenvalue weighted by molar-refractivity contribution is 5.78. The molecule has 6 heteroatoms. The maximum absolute atomic E-state index is 12.3. The number of likely N-dealkylation sites (tertiary alicyclic amines) is 1. The van der Waals surface area contributed by atoms with Gasteiger partial charge in [0.05, 0.1) is 20.3 Å². The number of benzene rings is 2. The molecule has 0 aromatic heterocycles. The van der Waals surface area contributed by atoms with Crippen LogP contribution in [0.4, 0.5) is 0 Å². The van der Waals surface area contributed by atoms with Crippen LogP contribution in [0.25, 0.3) is 0 Å². The van der Waals surface area contributed by atoms with E-state index in [9.17, 15) is 4.79 Å². The van der Waals surface area contributed by atoms with Crippen molar-refractivity contribution in [1.82, 2.24) is 4.90 Å². The Bertz CT molecular complexity index is 731. The van der Waals surface area contributed by atoms with Gasteiger partial charge in [-0.3, -0.25) is 4.79 Å². The summed E-state index contributed by atoms with van der Waals surface area (Å²) in [5.74, 6) is 2.03. The van der Waals surface area contributed by atoms with Gasteiger partial charge in [-0.1, -0.05) is 18.2 Å². The van der Waals surface area contributed by atoms with Gasteiger partial charge in [0, 0.05) is 19.0 Å². The predicted molar refractivity (Wildman–Crippen MR) is 96.5 cm³/mol. The topological polar surface area (TPSA) is 68.2 Å². The Morgan fingerprint density at radius 2 is 1.92 bits per heavy atom. The van der Waals surface area contributed by atoms with Gasteiger partial charge in [-0.05, 0) is 29.8 Å². The molecule has 2 aromatic carbocycles. The molecule has 1 atom stereocenters. The molecule has 1 amide bonds. The Labute approximate surface area is 152 Å². The van der Waals surface area contributed by atoms with Crippen molar-refractivity contribution in [3.05, 3.63) is 54.1 Å². The molecule has 1 saturated heterocycles. The standard InChI is InChI=1S/C20H23NO5/c1-24-17-3-2-4-18(11-17)26-19-9-10-21(12-19)20(23)14-25-16-7-5-15(13-22)6-8-16/h2-8,11,19,22H,9-10,12-14H2,1H3. The van der Waals surface area contributed by atoms with Crippen molar-refractivity contribution in [3.63, 3.8) is 0 Å². The van der Waals surface area contributed by atoms with Crippen LogP contribution in [-0.4, -0.2) is 48.8 Å². The van der Waals surface area contributed by atoms with Crippen molar-refractivity contribution in [1.29, 1.82) is 0 Å². The van der Waals surface area contributed by atoms with E-state index in [1.54, 1.807) is 36.3 Å². The number of amides is 1. The molecule has 6 nitrogen and oxygen atoms in total. The van der Waals surface area contributed by atoms with Gasteiger partial charge < -0.3 is 24.2 Å². The van der Waals surface area contributed by atoms with Crippen molar-refractivity contribution < 1.29 is 24.1 Å². The summed E-state index contributed by atoms with van der Waals surface area (Å²) >= 11 is 0. The first-order valence-electron chi connectivity index (χ1n) is 8.59. The summed E-state index contributed by atoms with van der Waals surface area (Å²) in [6.45, 7) is 1.18. The number of aliphatic hydroxyl groups is 1. The second kappa shape index (κ2) is 8.58. The molecule has 0 spiro atoms. The van der Waals surface area contributed by atoms with Gasteiger partial charge in [0.15, 0.2) is 6.61 Å². The quantitative estimate of drug-likeness (QED) is 0.823. The molecule has 1 fully saturated rings. The third-order valence-electron chi connectivity index (χ3n) is 4.31. The van der Waals surface area contributed by atoms with Crippen LogP contribution in [0.1, 0.15) is 12.0 Å². The van der Waals surface area contributed by atoms with Gasteiger partial charge in [0.25, 0.3) is 5.91 Å². The molecule has 0 bridgehead atoms. The van der Waals surface area contributed by atoms with Crippen LogP contribution in [0.15, 0.2) is 48.5 Å². The van der Waals surface area contributed by atoms with Crippen molar-refractivity contribution >= 4 is 5.91 Å². The first kappa shape index (κ1) is 18.1. The Morgan fingerprint density at radius 1 is 1.15 bits per heavy atom. The Hall–Kier alpha value is -2.73. The average Bonchev–Trinajstić information content (AvgIpc) is 3.15.